The van der Waals surface area contributed by atoms with Gasteiger partial charge in [0.1, 0.15) is 0 Å². The Bertz CT molecular complexity index is 3320. The Kier molecular flexibility index (Phi) is 10.1. The third-order valence-electron chi connectivity index (χ3n) is 11.4. The molecule has 0 radical (unpaired) electrons. The van der Waals surface area contributed by atoms with E-state index in [4.69, 9.17) is 29.9 Å². The average molecular weight is 819 g/mol. The SMILES string of the molecule is c1ccc(-c2ccc(-c3nc(-c4ccccc4)nc(-c4ccc(-c5ccc6c(-c7ccc(-c8nc(-c9ccccc9)nc(-c9ccccc9)n8)cc7)cccc6c5)cc4)n3)cc2)cc1. The first-order valence-corrected chi connectivity index (χ1v) is 21.3. The molecule has 0 unspecified atom stereocenters. The van der Waals surface area contributed by atoms with Crippen LogP contribution < -0.4 is 0 Å². The number of hydrogen-bond donors (Lipinski definition) is 0. The van der Waals surface area contributed by atoms with Crippen molar-refractivity contribution in [2.75, 3.05) is 0 Å². The van der Waals surface area contributed by atoms with Crippen LogP contribution in [0.3, 0.4) is 0 Å². The zero-order valence-electron chi connectivity index (χ0n) is 34.6. The van der Waals surface area contributed by atoms with Crippen LogP contribution in [-0.4, -0.2) is 29.9 Å². The van der Waals surface area contributed by atoms with Crippen molar-refractivity contribution < 1.29 is 0 Å². The predicted molar refractivity (Wildman–Crippen MR) is 260 cm³/mol. The molecule has 0 aliphatic heterocycles. The van der Waals surface area contributed by atoms with Gasteiger partial charge in [0.05, 0.1) is 0 Å². The number of rotatable bonds is 9. The van der Waals surface area contributed by atoms with Gasteiger partial charge in [-0.15, -0.1) is 0 Å². The fourth-order valence-corrected chi connectivity index (χ4v) is 8.06. The third-order valence-corrected chi connectivity index (χ3v) is 11.4. The van der Waals surface area contributed by atoms with Crippen LogP contribution in [0.2, 0.25) is 0 Å². The van der Waals surface area contributed by atoms with Gasteiger partial charge in [0.25, 0.3) is 0 Å². The summed E-state index contributed by atoms with van der Waals surface area (Å²) in [5.41, 5.74) is 12.4. The first kappa shape index (κ1) is 38.2. The van der Waals surface area contributed by atoms with Crippen molar-refractivity contribution in [3.05, 3.63) is 231 Å². The number of benzene rings is 9. The van der Waals surface area contributed by atoms with Crippen molar-refractivity contribution in [1.82, 2.24) is 29.9 Å². The molecule has 300 valence electrons. The molecule has 11 rings (SSSR count). The van der Waals surface area contributed by atoms with E-state index in [0.717, 1.165) is 66.6 Å². The normalized spacial score (nSPS) is 11.1. The van der Waals surface area contributed by atoms with Crippen LogP contribution in [0.4, 0.5) is 0 Å². The fraction of sp³-hybridized carbons (Fsp3) is 0. The largest absolute Gasteiger partial charge is 0.208 e. The molecule has 0 saturated carbocycles. The number of nitrogens with zero attached hydrogens (tertiary/aromatic N) is 6. The number of hydrogen-bond acceptors (Lipinski definition) is 6. The fourth-order valence-electron chi connectivity index (χ4n) is 8.06. The molecule has 0 aliphatic carbocycles. The summed E-state index contributed by atoms with van der Waals surface area (Å²) in [6.07, 6.45) is 0. The monoisotopic (exact) mass is 818 g/mol. The highest BCUT2D eigenvalue weighted by atomic mass is 15.0. The second-order valence-electron chi connectivity index (χ2n) is 15.6. The van der Waals surface area contributed by atoms with Gasteiger partial charge in [-0.2, -0.15) is 0 Å². The molecule has 9 aromatic carbocycles. The Morgan fingerprint density at radius 1 is 0.188 bits per heavy atom. The van der Waals surface area contributed by atoms with E-state index in [-0.39, 0.29) is 0 Å². The molecular formula is C58H38N6. The smallest absolute Gasteiger partial charge is 0.164 e. The lowest BCUT2D eigenvalue weighted by molar-refractivity contribution is 1.07. The molecular weight excluding hydrogens is 781 g/mol. The van der Waals surface area contributed by atoms with Crippen LogP contribution in [0.25, 0.3) is 112 Å². The Labute approximate surface area is 371 Å². The van der Waals surface area contributed by atoms with Gasteiger partial charge in [-0.1, -0.05) is 224 Å². The molecule has 2 heterocycles. The molecule has 0 saturated heterocycles. The van der Waals surface area contributed by atoms with Gasteiger partial charge in [-0.05, 0) is 50.2 Å². The van der Waals surface area contributed by atoms with Crippen molar-refractivity contribution in [2.45, 2.75) is 0 Å². The molecule has 0 fully saturated rings. The van der Waals surface area contributed by atoms with Crippen LogP contribution in [-0.2, 0) is 0 Å². The minimum Gasteiger partial charge on any atom is -0.208 e. The second-order valence-corrected chi connectivity index (χ2v) is 15.6. The van der Waals surface area contributed by atoms with Gasteiger partial charge >= 0.3 is 0 Å². The lowest BCUT2D eigenvalue weighted by Gasteiger charge is -2.12. The molecule has 6 nitrogen and oxygen atoms in total. The van der Waals surface area contributed by atoms with Crippen LogP contribution in [0.15, 0.2) is 231 Å². The highest BCUT2D eigenvalue weighted by molar-refractivity contribution is 5.99. The number of aromatic nitrogens is 6. The first-order valence-electron chi connectivity index (χ1n) is 21.3. The van der Waals surface area contributed by atoms with Crippen molar-refractivity contribution in [2.24, 2.45) is 0 Å². The maximum Gasteiger partial charge on any atom is 0.164 e. The van der Waals surface area contributed by atoms with Crippen LogP contribution in [0.5, 0.6) is 0 Å². The van der Waals surface area contributed by atoms with E-state index in [0.29, 0.717) is 34.9 Å². The summed E-state index contributed by atoms with van der Waals surface area (Å²) in [7, 11) is 0. The molecule has 0 N–H and O–H groups in total. The van der Waals surface area contributed by atoms with E-state index in [2.05, 4.69) is 133 Å². The van der Waals surface area contributed by atoms with Crippen molar-refractivity contribution >= 4 is 10.8 Å². The van der Waals surface area contributed by atoms with Gasteiger partial charge in [-0.3, -0.25) is 0 Å². The third kappa shape index (κ3) is 7.83. The van der Waals surface area contributed by atoms with Gasteiger partial charge in [-0.25, -0.2) is 29.9 Å². The molecule has 11 aromatic rings. The van der Waals surface area contributed by atoms with Gasteiger partial charge in [0.15, 0.2) is 34.9 Å². The number of fused-ring (bicyclic) bond motifs is 1. The molecule has 0 spiro atoms. The standard InChI is InChI=1S/C58H38N6/c1-5-14-39(15-6-1)40-24-30-46(31-25-40)56-62-55(45-20-11-4-12-21-45)63-57(64-56)47-32-26-41(27-33-47)49-36-37-52-50(38-49)22-13-23-51(52)42-28-34-48(35-29-42)58-60-53(43-16-7-2-8-17-43)59-54(61-58)44-18-9-3-10-19-44/h1-38H. The summed E-state index contributed by atoms with van der Waals surface area (Å²) >= 11 is 0. The summed E-state index contributed by atoms with van der Waals surface area (Å²) in [5, 5.41) is 2.34. The molecule has 0 atom stereocenters. The Hall–Kier alpha value is -8.74. The van der Waals surface area contributed by atoms with Gasteiger partial charge in [0, 0.05) is 33.4 Å². The average Bonchev–Trinajstić information content (AvgIpc) is 3.39. The highest BCUT2D eigenvalue weighted by Crippen LogP contribution is 2.35. The summed E-state index contributed by atoms with van der Waals surface area (Å²) in [4.78, 5) is 29.6. The van der Waals surface area contributed by atoms with E-state index in [1.807, 2.05) is 97.1 Å². The Morgan fingerprint density at radius 3 is 0.859 bits per heavy atom. The zero-order chi connectivity index (χ0) is 42.7. The van der Waals surface area contributed by atoms with Crippen molar-refractivity contribution in [1.29, 1.82) is 0 Å². The van der Waals surface area contributed by atoms with Crippen LogP contribution in [0, 0.1) is 0 Å². The first-order chi connectivity index (χ1) is 31.7. The van der Waals surface area contributed by atoms with Crippen molar-refractivity contribution in [3.63, 3.8) is 0 Å². The highest BCUT2D eigenvalue weighted by Gasteiger charge is 2.15. The van der Waals surface area contributed by atoms with Gasteiger partial charge < -0.3 is 0 Å². The van der Waals surface area contributed by atoms with E-state index < -0.39 is 0 Å². The molecule has 0 bridgehead atoms. The Balaban J connectivity index is 0.880. The quantitative estimate of drug-likeness (QED) is 0.144. The molecule has 6 heteroatoms. The van der Waals surface area contributed by atoms with Crippen LogP contribution in [0.1, 0.15) is 0 Å². The van der Waals surface area contributed by atoms with Crippen molar-refractivity contribution in [3.8, 4) is 102 Å². The van der Waals surface area contributed by atoms with Gasteiger partial charge in [0.2, 0.25) is 0 Å². The topological polar surface area (TPSA) is 77.3 Å². The molecule has 64 heavy (non-hydrogen) atoms. The summed E-state index contributed by atoms with van der Waals surface area (Å²) in [5.74, 6) is 3.82. The van der Waals surface area contributed by atoms with E-state index >= 15 is 0 Å². The minimum atomic E-state index is 0.625. The van der Waals surface area contributed by atoms with Crippen LogP contribution >= 0.6 is 0 Å². The maximum atomic E-state index is 5.01. The lowest BCUT2D eigenvalue weighted by atomic mass is 9.94. The second kappa shape index (κ2) is 17.0. The van der Waals surface area contributed by atoms with E-state index in [1.54, 1.807) is 0 Å². The lowest BCUT2D eigenvalue weighted by Crippen LogP contribution is -2.00. The Morgan fingerprint density at radius 2 is 0.469 bits per heavy atom. The maximum absolute atomic E-state index is 5.01. The zero-order valence-corrected chi connectivity index (χ0v) is 34.6. The minimum absolute atomic E-state index is 0.625. The van der Waals surface area contributed by atoms with E-state index in [9.17, 15) is 0 Å². The molecule has 0 amide bonds. The molecule has 2 aromatic heterocycles. The summed E-state index contributed by atoms with van der Waals surface area (Å²) in [6, 6.07) is 79.1. The summed E-state index contributed by atoms with van der Waals surface area (Å²) < 4.78 is 0. The van der Waals surface area contributed by atoms with E-state index in [1.165, 1.54) is 10.9 Å². The predicted octanol–water partition coefficient (Wildman–Crippen LogP) is 14.2. The summed E-state index contributed by atoms with van der Waals surface area (Å²) in [6.45, 7) is 0. The molecule has 0 aliphatic rings.